The van der Waals surface area contributed by atoms with Crippen molar-refractivity contribution in [2.24, 2.45) is 11.8 Å². The Balaban J connectivity index is 1.68. The number of hydrogen-bond donors (Lipinski definition) is 1. The minimum absolute atomic E-state index is 0.161. The SMILES string of the molecule is C[C@H]1C[C@@H]([C@H](CC#N)n2cc(-c3ncnc4[nH]ccc34)cn2)C1. The summed E-state index contributed by atoms with van der Waals surface area (Å²) in [7, 11) is 0. The molecule has 23 heavy (non-hydrogen) atoms. The van der Waals surface area contributed by atoms with Crippen molar-refractivity contribution < 1.29 is 0 Å². The van der Waals surface area contributed by atoms with Gasteiger partial charge in [0.25, 0.3) is 0 Å². The molecule has 116 valence electrons. The van der Waals surface area contributed by atoms with Crippen LogP contribution in [0.1, 0.15) is 32.2 Å². The monoisotopic (exact) mass is 306 g/mol. The van der Waals surface area contributed by atoms with E-state index in [1.54, 1.807) is 6.33 Å². The largest absolute Gasteiger partial charge is 0.346 e. The van der Waals surface area contributed by atoms with E-state index in [0.29, 0.717) is 12.3 Å². The van der Waals surface area contributed by atoms with Crippen molar-refractivity contribution in [2.45, 2.75) is 32.2 Å². The molecule has 6 nitrogen and oxygen atoms in total. The Labute approximate surface area is 134 Å². The van der Waals surface area contributed by atoms with Crippen LogP contribution in [0.2, 0.25) is 0 Å². The van der Waals surface area contributed by atoms with Gasteiger partial charge in [0.15, 0.2) is 0 Å². The van der Waals surface area contributed by atoms with Crippen LogP contribution in [-0.2, 0) is 0 Å². The second-order valence-corrected chi connectivity index (χ2v) is 6.44. The van der Waals surface area contributed by atoms with Gasteiger partial charge in [0, 0.05) is 23.3 Å². The average Bonchev–Trinajstić information content (AvgIpc) is 3.18. The summed E-state index contributed by atoms with van der Waals surface area (Å²) in [5.74, 6) is 1.31. The van der Waals surface area contributed by atoms with Gasteiger partial charge in [-0.15, -0.1) is 0 Å². The first kappa shape index (κ1) is 13.9. The Morgan fingerprint density at radius 2 is 2.30 bits per heavy atom. The normalized spacial score (nSPS) is 21.7. The Kier molecular flexibility index (Phi) is 3.34. The smallest absolute Gasteiger partial charge is 0.141 e. The summed E-state index contributed by atoms with van der Waals surface area (Å²) in [4.78, 5) is 11.7. The van der Waals surface area contributed by atoms with Crippen molar-refractivity contribution in [3.63, 3.8) is 0 Å². The molecule has 1 fully saturated rings. The van der Waals surface area contributed by atoms with Gasteiger partial charge in [0.05, 0.1) is 30.4 Å². The second kappa shape index (κ2) is 5.51. The van der Waals surface area contributed by atoms with E-state index >= 15 is 0 Å². The van der Waals surface area contributed by atoms with Gasteiger partial charge < -0.3 is 4.98 Å². The molecule has 3 aromatic rings. The molecule has 0 saturated heterocycles. The van der Waals surface area contributed by atoms with E-state index in [2.05, 4.69) is 33.0 Å². The Morgan fingerprint density at radius 3 is 3.09 bits per heavy atom. The first-order valence-corrected chi connectivity index (χ1v) is 7.96. The molecule has 4 rings (SSSR count). The van der Waals surface area contributed by atoms with E-state index in [1.807, 2.05) is 29.3 Å². The molecule has 0 amide bonds. The molecule has 0 spiro atoms. The summed E-state index contributed by atoms with van der Waals surface area (Å²) in [5.41, 5.74) is 2.66. The van der Waals surface area contributed by atoms with Gasteiger partial charge in [0.1, 0.15) is 12.0 Å². The first-order valence-electron chi connectivity index (χ1n) is 7.96. The Bertz CT molecular complexity index is 864. The van der Waals surface area contributed by atoms with Crippen LogP contribution in [0.25, 0.3) is 22.3 Å². The molecule has 1 saturated carbocycles. The zero-order valence-corrected chi connectivity index (χ0v) is 13.0. The fourth-order valence-corrected chi connectivity index (χ4v) is 3.59. The molecular weight excluding hydrogens is 288 g/mol. The molecule has 3 aromatic heterocycles. The summed E-state index contributed by atoms with van der Waals surface area (Å²) in [6.07, 6.45) is 10.1. The van der Waals surface area contributed by atoms with Crippen LogP contribution in [0.5, 0.6) is 0 Å². The minimum Gasteiger partial charge on any atom is -0.346 e. The maximum absolute atomic E-state index is 9.15. The Hall–Kier alpha value is -2.68. The lowest BCUT2D eigenvalue weighted by Crippen LogP contribution is -2.30. The van der Waals surface area contributed by atoms with E-state index in [4.69, 9.17) is 5.26 Å². The molecule has 1 aliphatic carbocycles. The zero-order valence-electron chi connectivity index (χ0n) is 13.0. The second-order valence-electron chi connectivity index (χ2n) is 6.44. The molecular formula is C17H18N6. The number of rotatable bonds is 4. The third-order valence-electron chi connectivity index (χ3n) is 4.82. The fourth-order valence-electron chi connectivity index (χ4n) is 3.59. The van der Waals surface area contributed by atoms with Gasteiger partial charge in [-0.2, -0.15) is 10.4 Å². The number of aromatic nitrogens is 5. The van der Waals surface area contributed by atoms with E-state index in [1.165, 1.54) is 12.8 Å². The number of H-pyrrole nitrogens is 1. The Morgan fingerprint density at radius 1 is 1.43 bits per heavy atom. The maximum Gasteiger partial charge on any atom is 0.141 e. The number of hydrogen-bond acceptors (Lipinski definition) is 4. The lowest BCUT2D eigenvalue weighted by atomic mass is 9.71. The standard InChI is InChI=1S/C17H18N6/c1-11-6-12(7-11)15(2-4-18)23-9-13(8-22-23)16-14-3-5-19-17(14)21-10-20-16/h3,5,8-12,15H,2,6-7H2,1H3,(H,19,20,21)/t11-,12+,15-/m0/s1. The molecule has 3 heterocycles. The molecule has 0 radical (unpaired) electrons. The first-order chi connectivity index (χ1) is 11.3. The highest BCUT2D eigenvalue weighted by Crippen LogP contribution is 2.42. The summed E-state index contributed by atoms with van der Waals surface area (Å²) < 4.78 is 1.95. The summed E-state index contributed by atoms with van der Waals surface area (Å²) in [6.45, 7) is 2.26. The molecule has 0 bridgehead atoms. The topological polar surface area (TPSA) is 83.2 Å². The number of fused-ring (bicyclic) bond motifs is 1. The number of nitrogens with zero attached hydrogens (tertiary/aromatic N) is 5. The number of nitrogens with one attached hydrogen (secondary N) is 1. The molecule has 6 heteroatoms. The summed E-state index contributed by atoms with van der Waals surface area (Å²) in [6, 6.07) is 4.45. The quantitative estimate of drug-likeness (QED) is 0.801. The van der Waals surface area contributed by atoms with Gasteiger partial charge in [-0.25, -0.2) is 9.97 Å². The van der Waals surface area contributed by atoms with Crippen LogP contribution in [0.3, 0.4) is 0 Å². The van der Waals surface area contributed by atoms with E-state index in [0.717, 1.165) is 28.2 Å². The molecule has 0 aliphatic heterocycles. The van der Waals surface area contributed by atoms with Crippen molar-refractivity contribution in [1.82, 2.24) is 24.7 Å². The molecule has 1 N–H and O–H groups in total. The van der Waals surface area contributed by atoms with Crippen molar-refractivity contribution in [3.8, 4) is 17.3 Å². The molecule has 1 aliphatic rings. The minimum atomic E-state index is 0.161. The summed E-state index contributed by atoms with van der Waals surface area (Å²) in [5, 5.41) is 14.7. The zero-order chi connectivity index (χ0) is 15.8. The average molecular weight is 306 g/mol. The lowest BCUT2D eigenvalue weighted by Gasteiger charge is -2.37. The van der Waals surface area contributed by atoms with Crippen molar-refractivity contribution in [2.75, 3.05) is 0 Å². The van der Waals surface area contributed by atoms with Crippen LogP contribution >= 0.6 is 0 Å². The van der Waals surface area contributed by atoms with Crippen LogP contribution in [0.15, 0.2) is 31.0 Å². The van der Waals surface area contributed by atoms with Crippen molar-refractivity contribution >= 4 is 11.0 Å². The number of aromatic amines is 1. The summed E-state index contributed by atoms with van der Waals surface area (Å²) >= 11 is 0. The van der Waals surface area contributed by atoms with Gasteiger partial charge in [0.2, 0.25) is 0 Å². The van der Waals surface area contributed by atoms with Crippen LogP contribution in [-0.4, -0.2) is 24.7 Å². The lowest BCUT2D eigenvalue weighted by molar-refractivity contribution is 0.134. The van der Waals surface area contributed by atoms with Gasteiger partial charge >= 0.3 is 0 Å². The predicted octanol–water partition coefficient (Wildman–Crippen LogP) is 3.32. The maximum atomic E-state index is 9.15. The van der Waals surface area contributed by atoms with E-state index < -0.39 is 0 Å². The van der Waals surface area contributed by atoms with Gasteiger partial charge in [-0.05, 0) is 30.7 Å². The highest BCUT2D eigenvalue weighted by atomic mass is 15.3. The third-order valence-corrected chi connectivity index (χ3v) is 4.82. The van der Waals surface area contributed by atoms with Gasteiger partial charge in [-0.1, -0.05) is 6.92 Å². The van der Waals surface area contributed by atoms with Gasteiger partial charge in [-0.3, -0.25) is 4.68 Å². The van der Waals surface area contributed by atoms with Crippen LogP contribution in [0, 0.1) is 23.2 Å². The van der Waals surface area contributed by atoms with E-state index in [-0.39, 0.29) is 6.04 Å². The van der Waals surface area contributed by atoms with Crippen molar-refractivity contribution in [3.05, 3.63) is 31.0 Å². The molecule has 1 atom stereocenters. The molecule has 0 aromatic carbocycles. The third kappa shape index (κ3) is 2.38. The fraction of sp³-hybridized carbons (Fsp3) is 0.412. The van der Waals surface area contributed by atoms with Crippen molar-refractivity contribution in [1.29, 1.82) is 5.26 Å². The van der Waals surface area contributed by atoms with E-state index in [9.17, 15) is 0 Å². The predicted molar refractivity (Wildman–Crippen MR) is 86.3 cm³/mol. The molecule has 0 unspecified atom stereocenters. The highest BCUT2D eigenvalue weighted by Gasteiger charge is 2.34. The van der Waals surface area contributed by atoms with Crippen LogP contribution < -0.4 is 0 Å². The van der Waals surface area contributed by atoms with Crippen LogP contribution in [0.4, 0.5) is 0 Å². The number of nitriles is 1. The highest BCUT2D eigenvalue weighted by molar-refractivity contribution is 5.89.